The van der Waals surface area contributed by atoms with Crippen molar-refractivity contribution in [3.8, 4) is 28.6 Å². The number of hydrogen-bond donors (Lipinski definition) is 1. The number of cyclic esters (lactones) is 1. The molecule has 2 aliphatic heterocycles. The summed E-state index contributed by atoms with van der Waals surface area (Å²) in [5.41, 5.74) is 2.59. The Kier molecular flexibility index (Phi) is 7.05. The molecule has 222 valence electrons. The Morgan fingerprint density at radius 2 is 1.77 bits per heavy atom. The van der Waals surface area contributed by atoms with Crippen LogP contribution in [0.5, 0.6) is 17.2 Å². The van der Waals surface area contributed by atoms with Gasteiger partial charge in [0.1, 0.15) is 30.5 Å². The SMILES string of the molecule is CCc1c2c(nc3ccc(OC(=O)OCc4cc(OC)cc(OC)c4)cc13)-c1cc3c(c(=O)n1C2)COC(=O)[C@]3(O)CC. The van der Waals surface area contributed by atoms with Crippen molar-refractivity contribution < 1.29 is 38.4 Å². The molecule has 0 fully saturated rings. The number of aromatic nitrogens is 2. The molecule has 0 bridgehead atoms. The molecule has 0 saturated heterocycles. The van der Waals surface area contributed by atoms with Crippen molar-refractivity contribution in [2.75, 3.05) is 14.2 Å². The Balaban J connectivity index is 1.31. The molecule has 4 heterocycles. The first kappa shape index (κ1) is 28.2. The molecular weight excluding hydrogens is 556 g/mol. The highest BCUT2D eigenvalue weighted by Gasteiger charge is 2.45. The molecule has 0 radical (unpaired) electrons. The largest absolute Gasteiger partial charge is 0.514 e. The van der Waals surface area contributed by atoms with Gasteiger partial charge in [0.15, 0.2) is 5.60 Å². The van der Waals surface area contributed by atoms with Gasteiger partial charge in [0.05, 0.1) is 43.2 Å². The molecule has 1 atom stereocenters. The van der Waals surface area contributed by atoms with Crippen molar-refractivity contribution in [3.05, 3.63) is 80.6 Å². The molecular formula is C32H30N2O9. The molecule has 2 aromatic carbocycles. The van der Waals surface area contributed by atoms with Gasteiger partial charge in [-0.05, 0) is 60.4 Å². The van der Waals surface area contributed by atoms with Crippen LogP contribution in [-0.2, 0) is 46.0 Å². The highest BCUT2D eigenvalue weighted by atomic mass is 16.7. The van der Waals surface area contributed by atoms with Gasteiger partial charge in [0.2, 0.25) is 0 Å². The number of nitrogens with zero attached hydrogens (tertiary/aromatic N) is 2. The molecule has 1 N–H and O–H groups in total. The Labute approximate surface area is 246 Å². The fourth-order valence-corrected chi connectivity index (χ4v) is 5.83. The van der Waals surface area contributed by atoms with E-state index in [0.29, 0.717) is 40.4 Å². The molecule has 43 heavy (non-hydrogen) atoms. The van der Waals surface area contributed by atoms with Crippen LogP contribution in [0, 0.1) is 0 Å². The van der Waals surface area contributed by atoms with Gasteiger partial charge in [-0.25, -0.2) is 14.6 Å². The molecule has 6 rings (SSSR count). The summed E-state index contributed by atoms with van der Waals surface area (Å²) in [6.07, 6.45) is -0.188. The van der Waals surface area contributed by atoms with Crippen LogP contribution in [0.15, 0.2) is 47.3 Å². The van der Waals surface area contributed by atoms with Crippen LogP contribution in [0.3, 0.4) is 0 Å². The van der Waals surface area contributed by atoms with Crippen molar-refractivity contribution in [1.29, 1.82) is 0 Å². The quantitative estimate of drug-likeness (QED) is 0.216. The number of aryl methyl sites for hydroxylation is 1. The summed E-state index contributed by atoms with van der Waals surface area (Å²) < 4.78 is 28.1. The third kappa shape index (κ3) is 4.65. The lowest BCUT2D eigenvalue weighted by molar-refractivity contribution is -0.172. The highest BCUT2D eigenvalue weighted by Crippen LogP contribution is 2.40. The van der Waals surface area contributed by atoms with Crippen molar-refractivity contribution in [1.82, 2.24) is 9.55 Å². The molecule has 11 heteroatoms. The third-order valence-corrected chi connectivity index (χ3v) is 8.10. The number of esters is 1. The van der Waals surface area contributed by atoms with Crippen LogP contribution in [-0.4, -0.2) is 41.0 Å². The number of carbonyl (C=O) groups is 2. The molecule has 0 aliphatic carbocycles. The molecule has 4 aromatic rings. The summed E-state index contributed by atoms with van der Waals surface area (Å²) in [5, 5.41) is 11.9. The van der Waals surface area contributed by atoms with E-state index in [2.05, 4.69) is 0 Å². The van der Waals surface area contributed by atoms with Gasteiger partial charge in [0.25, 0.3) is 5.56 Å². The number of benzene rings is 2. The van der Waals surface area contributed by atoms with Crippen molar-refractivity contribution in [2.24, 2.45) is 0 Å². The minimum Gasteiger partial charge on any atom is -0.497 e. The standard InChI is InChI=1S/C32H30N2O9/c1-5-21-22-12-18(43-31(37)42-15-17-9-19(39-3)11-20(10-17)40-4)7-8-26(22)33-28-23(21)14-34-27(28)13-25-24(29(34)35)16-41-30(36)32(25,38)6-2/h7-13,38H,5-6,14-16H2,1-4H3/t32-/m0/s1. The van der Waals surface area contributed by atoms with Crippen LogP contribution < -0.4 is 19.8 Å². The first-order chi connectivity index (χ1) is 20.7. The minimum atomic E-state index is -1.89. The summed E-state index contributed by atoms with van der Waals surface area (Å²) in [4.78, 5) is 43.4. The molecule has 0 saturated carbocycles. The zero-order valence-electron chi connectivity index (χ0n) is 24.2. The number of pyridine rings is 2. The summed E-state index contributed by atoms with van der Waals surface area (Å²) in [5.74, 6) is 0.657. The average Bonchev–Trinajstić information content (AvgIpc) is 3.39. The number of fused-ring (bicyclic) bond motifs is 5. The Morgan fingerprint density at radius 1 is 1.02 bits per heavy atom. The van der Waals surface area contributed by atoms with Crippen molar-refractivity contribution >= 4 is 23.0 Å². The fraction of sp³-hybridized carbons (Fsp3) is 0.312. The van der Waals surface area contributed by atoms with E-state index in [4.69, 9.17) is 28.7 Å². The minimum absolute atomic E-state index is 0.0456. The van der Waals surface area contributed by atoms with E-state index in [1.807, 2.05) is 6.92 Å². The molecule has 0 unspecified atom stereocenters. The van der Waals surface area contributed by atoms with Crippen molar-refractivity contribution in [3.63, 3.8) is 0 Å². The van der Waals surface area contributed by atoms with E-state index in [1.54, 1.807) is 54.0 Å². The second-order valence-electron chi connectivity index (χ2n) is 10.4. The maximum atomic E-state index is 13.5. The normalized spacial score (nSPS) is 16.6. The lowest BCUT2D eigenvalue weighted by Crippen LogP contribution is -2.44. The Hall–Kier alpha value is -4.90. The average molecular weight is 587 g/mol. The van der Waals surface area contributed by atoms with Crippen LogP contribution in [0.25, 0.3) is 22.3 Å². The number of rotatable bonds is 7. The first-order valence-electron chi connectivity index (χ1n) is 13.9. The summed E-state index contributed by atoms with van der Waals surface area (Å²) in [6, 6.07) is 12.0. The number of hydrogen-bond acceptors (Lipinski definition) is 10. The second kappa shape index (κ2) is 10.7. The maximum Gasteiger partial charge on any atom is 0.514 e. The lowest BCUT2D eigenvalue weighted by atomic mass is 9.86. The fourth-order valence-electron chi connectivity index (χ4n) is 5.83. The predicted octanol–water partition coefficient (Wildman–Crippen LogP) is 4.37. The topological polar surface area (TPSA) is 135 Å². The van der Waals surface area contributed by atoms with Crippen LogP contribution in [0.2, 0.25) is 0 Å². The molecule has 0 amide bonds. The molecule has 2 aliphatic rings. The Morgan fingerprint density at radius 3 is 2.44 bits per heavy atom. The smallest absolute Gasteiger partial charge is 0.497 e. The van der Waals surface area contributed by atoms with Gasteiger partial charge >= 0.3 is 12.1 Å². The van der Waals surface area contributed by atoms with Crippen LogP contribution >= 0.6 is 0 Å². The zero-order valence-corrected chi connectivity index (χ0v) is 24.2. The summed E-state index contributed by atoms with van der Waals surface area (Å²) >= 11 is 0. The van der Waals surface area contributed by atoms with E-state index in [0.717, 1.165) is 16.5 Å². The second-order valence-corrected chi connectivity index (χ2v) is 10.4. The van der Waals surface area contributed by atoms with Gasteiger partial charge in [0, 0.05) is 22.6 Å². The number of ether oxygens (including phenoxy) is 5. The van der Waals surface area contributed by atoms with Crippen LogP contribution in [0.4, 0.5) is 4.79 Å². The zero-order chi connectivity index (χ0) is 30.5. The van der Waals surface area contributed by atoms with E-state index in [-0.39, 0.29) is 48.6 Å². The Bertz CT molecular complexity index is 1840. The maximum absolute atomic E-state index is 13.5. The first-order valence-corrected chi connectivity index (χ1v) is 13.9. The van der Waals surface area contributed by atoms with E-state index >= 15 is 0 Å². The third-order valence-electron chi connectivity index (χ3n) is 8.10. The predicted molar refractivity (Wildman–Crippen MR) is 154 cm³/mol. The lowest BCUT2D eigenvalue weighted by Gasteiger charge is -2.31. The monoisotopic (exact) mass is 586 g/mol. The number of carbonyl (C=O) groups excluding carboxylic acids is 2. The van der Waals surface area contributed by atoms with E-state index in [1.165, 1.54) is 14.2 Å². The van der Waals surface area contributed by atoms with Gasteiger partial charge in [-0.3, -0.25) is 4.79 Å². The number of aliphatic hydroxyl groups is 1. The van der Waals surface area contributed by atoms with Gasteiger partial charge in [-0.15, -0.1) is 0 Å². The molecule has 11 nitrogen and oxygen atoms in total. The van der Waals surface area contributed by atoms with Gasteiger partial charge < -0.3 is 33.4 Å². The van der Waals surface area contributed by atoms with E-state index in [9.17, 15) is 19.5 Å². The molecule has 0 spiro atoms. The summed E-state index contributed by atoms with van der Waals surface area (Å²) in [7, 11) is 3.07. The van der Waals surface area contributed by atoms with Crippen LogP contribution in [0.1, 0.15) is 48.1 Å². The summed E-state index contributed by atoms with van der Waals surface area (Å²) in [6.45, 7) is 3.71. The van der Waals surface area contributed by atoms with E-state index < -0.39 is 17.7 Å². The van der Waals surface area contributed by atoms with Gasteiger partial charge in [-0.1, -0.05) is 13.8 Å². The number of methoxy groups -OCH3 is 2. The highest BCUT2D eigenvalue weighted by molar-refractivity contribution is 5.90. The molecule has 2 aromatic heterocycles. The van der Waals surface area contributed by atoms with Gasteiger partial charge in [-0.2, -0.15) is 0 Å². The van der Waals surface area contributed by atoms with Crippen molar-refractivity contribution in [2.45, 2.75) is 52.0 Å².